The van der Waals surface area contributed by atoms with Gasteiger partial charge in [-0.05, 0) is 32.3 Å². The fourth-order valence-corrected chi connectivity index (χ4v) is 3.37. The molecule has 1 aliphatic rings. The molecule has 1 saturated heterocycles. The largest absolute Gasteiger partial charge is 0.389 e. The molecular weight excluding hydrogens is 298 g/mol. The summed E-state index contributed by atoms with van der Waals surface area (Å²) >= 11 is 1.32. The lowest BCUT2D eigenvalue weighted by atomic mass is 10.1. The van der Waals surface area contributed by atoms with Crippen molar-refractivity contribution in [2.75, 3.05) is 29.0 Å². The van der Waals surface area contributed by atoms with E-state index in [9.17, 15) is 4.79 Å². The summed E-state index contributed by atoms with van der Waals surface area (Å²) in [6.45, 7) is 3.84. The Bertz CT molecular complexity index is 678. The van der Waals surface area contributed by atoms with E-state index in [2.05, 4.69) is 20.2 Å². The van der Waals surface area contributed by atoms with Crippen molar-refractivity contribution in [1.82, 2.24) is 9.97 Å². The summed E-state index contributed by atoms with van der Waals surface area (Å²) in [6, 6.07) is 1.94. The molecule has 3 N–H and O–H groups in total. The monoisotopic (exact) mass is 317 g/mol. The van der Waals surface area contributed by atoms with Gasteiger partial charge in [0.2, 0.25) is 0 Å². The van der Waals surface area contributed by atoms with Crippen LogP contribution in [0.5, 0.6) is 0 Å². The number of hydrogen-bond donors (Lipinski definition) is 2. The van der Waals surface area contributed by atoms with Crippen LogP contribution in [-0.4, -0.2) is 29.0 Å². The summed E-state index contributed by atoms with van der Waals surface area (Å²) in [5, 5.41) is 4.12. The van der Waals surface area contributed by atoms with Gasteiger partial charge in [0.15, 0.2) is 5.69 Å². The predicted molar refractivity (Wildman–Crippen MR) is 89.5 cm³/mol. The van der Waals surface area contributed by atoms with E-state index in [1.807, 2.05) is 13.0 Å². The maximum absolute atomic E-state index is 12.4. The van der Waals surface area contributed by atoms with E-state index in [0.29, 0.717) is 10.7 Å². The van der Waals surface area contributed by atoms with Crippen LogP contribution in [0.2, 0.25) is 0 Å². The van der Waals surface area contributed by atoms with E-state index in [0.717, 1.165) is 23.8 Å². The van der Waals surface area contributed by atoms with Gasteiger partial charge in [-0.15, -0.1) is 11.3 Å². The highest BCUT2D eigenvalue weighted by atomic mass is 32.1. The lowest BCUT2D eigenvalue weighted by Crippen LogP contribution is -2.30. The van der Waals surface area contributed by atoms with Gasteiger partial charge in [0, 0.05) is 19.3 Å². The Morgan fingerprint density at radius 1 is 1.36 bits per heavy atom. The summed E-state index contributed by atoms with van der Waals surface area (Å²) in [6.07, 6.45) is 7.04. The average molecular weight is 317 g/mol. The van der Waals surface area contributed by atoms with Gasteiger partial charge in [0.05, 0.1) is 22.6 Å². The first-order valence-corrected chi connectivity index (χ1v) is 8.20. The molecule has 0 saturated carbocycles. The van der Waals surface area contributed by atoms with Crippen LogP contribution in [0, 0.1) is 6.92 Å². The summed E-state index contributed by atoms with van der Waals surface area (Å²) in [5.41, 5.74) is 7.85. The zero-order valence-electron chi connectivity index (χ0n) is 12.5. The van der Waals surface area contributed by atoms with Crippen molar-refractivity contribution in [2.45, 2.75) is 26.2 Å². The zero-order chi connectivity index (χ0) is 15.5. The number of carbonyl (C=O) groups excluding carboxylic acids is 1. The third-order valence-corrected chi connectivity index (χ3v) is 4.52. The molecule has 2 aromatic heterocycles. The molecule has 0 atom stereocenters. The number of nitrogens with two attached hydrogens (primary N) is 1. The minimum absolute atomic E-state index is 0.284. The molecule has 0 spiro atoms. The molecule has 0 aliphatic carbocycles. The molecule has 0 unspecified atom stereocenters. The molecule has 0 radical (unpaired) electrons. The Kier molecular flexibility index (Phi) is 4.24. The quantitative estimate of drug-likeness (QED) is 0.909. The van der Waals surface area contributed by atoms with Crippen molar-refractivity contribution in [3.8, 4) is 0 Å². The molecule has 1 aliphatic heterocycles. The lowest BCUT2D eigenvalue weighted by molar-refractivity contribution is 0.102. The van der Waals surface area contributed by atoms with Crippen LogP contribution in [0.25, 0.3) is 0 Å². The Hall–Kier alpha value is -2.15. The van der Waals surface area contributed by atoms with Crippen LogP contribution >= 0.6 is 11.3 Å². The Labute approximate surface area is 133 Å². The fraction of sp³-hybridized carbons (Fsp3) is 0.400. The highest BCUT2D eigenvalue weighted by Crippen LogP contribution is 2.28. The second-order valence-corrected chi connectivity index (χ2v) is 6.58. The summed E-state index contributed by atoms with van der Waals surface area (Å²) in [5.74, 6) is -0.284. The second-order valence-electron chi connectivity index (χ2n) is 5.34. The van der Waals surface area contributed by atoms with Gasteiger partial charge in [0.1, 0.15) is 5.00 Å². The van der Waals surface area contributed by atoms with E-state index in [1.54, 1.807) is 12.4 Å². The Morgan fingerprint density at radius 3 is 2.82 bits per heavy atom. The molecule has 1 fully saturated rings. The van der Waals surface area contributed by atoms with Gasteiger partial charge in [-0.3, -0.25) is 9.78 Å². The van der Waals surface area contributed by atoms with Gasteiger partial charge in [0.25, 0.3) is 5.91 Å². The van der Waals surface area contributed by atoms with Crippen LogP contribution in [0.3, 0.4) is 0 Å². The number of aromatic nitrogens is 2. The first kappa shape index (κ1) is 14.8. The number of piperidine rings is 1. The first-order valence-electron chi connectivity index (χ1n) is 7.38. The van der Waals surface area contributed by atoms with Crippen molar-refractivity contribution >= 4 is 33.6 Å². The van der Waals surface area contributed by atoms with Crippen LogP contribution in [-0.2, 0) is 0 Å². The van der Waals surface area contributed by atoms with E-state index >= 15 is 0 Å². The molecule has 3 rings (SSSR count). The smallest absolute Gasteiger partial charge is 0.277 e. The van der Waals surface area contributed by atoms with Crippen molar-refractivity contribution in [3.63, 3.8) is 0 Å². The Balaban J connectivity index is 1.83. The predicted octanol–water partition coefficient (Wildman–Crippen LogP) is 2.67. The molecule has 116 valence electrons. The molecule has 2 aromatic rings. The molecular formula is C15H19N5OS. The molecule has 22 heavy (non-hydrogen) atoms. The second kappa shape index (κ2) is 6.31. The van der Waals surface area contributed by atoms with E-state index < -0.39 is 0 Å². The number of pyridine rings is 1. The molecule has 0 bridgehead atoms. The van der Waals surface area contributed by atoms with E-state index in [-0.39, 0.29) is 11.6 Å². The van der Waals surface area contributed by atoms with E-state index in [4.69, 9.17) is 5.73 Å². The summed E-state index contributed by atoms with van der Waals surface area (Å²) in [7, 11) is 0. The number of anilines is 3. The summed E-state index contributed by atoms with van der Waals surface area (Å²) < 4.78 is 0. The minimum Gasteiger partial charge on any atom is -0.389 e. The molecule has 0 aromatic carbocycles. The topological polar surface area (TPSA) is 84.1 Å². The van der Waals surface area contributed by atoms with Crippen molar-refractivity contribution in [3.05, 3.63) is 29.2 Å². The van der Waals surface area contributed by atoms with Crippen LogP contribution in [0.15, 0.2) is 18.5 Å². The van der Waals surface area contributed by atoms with Crippen LogP contribution in [0.1, 0.15) is 34.8 Å². The number of hydrogen-bond acceptors (Lipinski definition) is 6. The third kappa shape index (κ3) is 3.04. The molecule has 3 heterocycles. The Morgan fingerprint density at radius 2 is 2.14 bits per heavy atom. The van der Waals surface area contributed by atoms with Gasteiger partial charge in [-0.2, -0.15) is 0 Å². The lowest BCUT2D eigenvalue weighted by Gasteiger charge is -2.30. The van der Waals surface area contributed by atoms with Crippen molar-refractivity contribution < 1.29 is 4.79 Å². The molecule has 1 amide bonds. The average Bonchev–Trinajstić information content (AvgIpc) is 2.87. The van der Waals surface area contributed by atoms with Crippen LogP contribution in [0.4, 0.5) is 16.4 Å². The van der Waals surface area contributed by atoms with Gasteiger partial charge in [-0.1, -0.05) is 0 Å². The maximum Gasteiger partial charge on any atom is 0.277 e. The van der Waals surface area contributed by atoms with Crippen molar-refractivity contribution in [2.24, 2.45) is 0 Å². The number of rotatable bonds is 3. The van der Waals surface area contributed by atoms with Gasteiger partial charge >= 0.3 is 0 Å². The number of thiazole rings is 1. The number of nitrogens with zero attached hydrogens (tertiary/aromatic N) is 3. The van der Waals surface area contributed by atoms with Gasteiger partial charge in [-0.25, -0.2) is 4.98 Å². The summed E-state index contributed by atoms with van der Waals surface area (Å²) in [4.78, 5) is 23.0. The fourth-order valence-electron chi connectivity index (χ4n) is 2.68. The highest BCUT2D eigenvalue weighted by molar-refractivity contribution is 7.15. The number of amides is 1. The maximum atomic E-state index is 12.4. The standard InChI is InChI=1S/C15H19N5OS/c1-10-18-13(14(16)22-10)15(21)19-11-9-17-6-5-12(11)20-7-3-2-4-8-20/h5-6,9H,2-4,7-8,16H2,1H3,(H,19,21). The van der Waals surface area contributed by atoms with Crippen molar-refractivity contribution in [1.29, 1.82) is 0 Å². The third-order valence-electron chi connectivity index (χ3n) is 3.72. The molecule has 7 heteroatoms. The number of nitrogen functional groups attached to an aromatic ring is 1. The number of aryl methyl sites for hydroxylation is 1. The normalized spacial score (nSPS) is 14.9. The number of nitrogens with one attached hydrogen (secondary N) is 1. The zero-order valence-corrected chi connectivity index (χ0v) is 13.3. The van der Waals surface area contributed by atoms with Gasteiger partial charge < -0.3 is 16.0 Å². The molecule has 6 nitrogen and oxygen atoms in total. The minimum atomic E-state index is -0.284. The first-order chi connectivity index (χ1) is 10.6. The van der Waals surface area contributed by atoms with Crippen LogP contribution < -0.4 is 16.0 Å². The van der Waals surface area contributed by atoms with E-state index in [1.165, 1.54) is 30.6 Å². The highest BCUT2D eigenvalue weighted by Gasteiger charge is 2.19. The number of carbonyl (C=O) groups is 1. The SMILES string of the molecule is Cc1nc(C(=O)Nc2cnccc2N2CCCCC2)c(N)s1.